The Balaban J connectivity index is 1.69. The van der Waals surface area contributed by atoms with E-state index < -0.39 is 0 Å². The molecule has 138 valence electrons. The number of amides is 1. The summed E-state index contributed by atoms with van der Waals surface area (Å²) in [6.07, 6.45) is 5.34. The Hall–Kier alpha value is -1.88. The largest absolute Gasteiger partial charge is 0.336 e. The molecule has 0 saturated carbocycles. The van der Waals surface area contributed by atoms with Crippen LogP contribution >= 0.6 is 11.8 Å². The third-order valence-electron chi connectivity index (χ3n) is 5.21. The first-order valence-corrected chi connectivity index (χ1v) is 10.5. The summed E-state index contributed by atoms with van der Waals surface area (Å²) in [5.41, 5.74) is 5.60. The number of aromatic nitrogens is 2. The summed E-state index contributed by atoms with van der Waals surface area (Å²) in [5, 5.41) is 0.800. The third-order valence-corrected chi connectivity index (χ3v) is 5.75. The maximum absolute atomic E-state index is 12.9. The van der Waals surface area contributed by atoms with Crippen LogP contribution in [0.15, 0.2) is 29.4 Å². The van der Waals surface area contributed by atoms with Crippen molar-refractivity contribution in [3.63, 3.8) is 0 Å². The molecule has 1 aromatic heterocycles. The van der Waals surface area contributed by atoms with E-state index in [1.807, 2.05) is 20.1 Å². The molecular weight excluding hydrogens is 342 g/mol. The Labute approximate surface area is 160 Å². The van der Waals surface area contributed by atoms with Crippen LogP contribution in [0.1, 0.15) is 53.4 Å². The van der Waals surface area contributed by atoms with Crippen molar-refractivity contribution in [3.8, 4) is 0 Å². The smallest absolute Gasteiger partial charge is 0.223 e. The standard InChI is InChI=1S/C21H27N3OS/c1-14-7-9-17(10-8-14)19-6-5-13-24(19)20(25)12-11-18-15(2)22-21(26-4)23-16(18)3/h7-10,19H,5-6,11-13H2,1-4H3. The molecule has 4 nitrogen and oxygen atoms in total. The Kier molecular flexibility index (Phi) is 5.97. The summed E-state index contributed by atoms with van der Waals surface area (Å²) in [4.78, 5) is 24.0. The van der Waals surface area contributed by atoms with E-state index in [0.29, 0.717) is 12.8 Å². The van der Waals surface area contributed by atoms with Gasteiger partial charge in [-0.15, -0.1) is 0 Å². The SMILES string of the molecule is CSc1nc(C)c(CCC(=O)N2CCCC2c2ccc(C)cc2)c(C)n1. The van der Waals surface area contributed by atoms with Gasteiger partial charge in [-0.2, -0.15) is 0 Å². The first-order chi connectivity index (χ1) is 12.5. The molecule has 5 heteroatoms. The Morgan fingerprint density at radius 1 is 1.15 bits per heavy atom. The lowest BCUT2D eigenvalue weighted by Crippen LogP contribution is -2.30. The van der Waals surface area contributed by atoms with Crippen molar-refractivity contribution in [2.75, 3.05) is 12.8 Å². The van der Waals surface area contributed by atoms with Gasteiger partial charge in [0, 0.05) is 24.4 Å². The van der Waals surface area contributed by atoms with E-state index in [0.717, 1.165) is 41.5 Å². The second-order valence-corrected chi connectivity index (χ2v) is 7.79. The summed E-state index contributed by atoms with van der Waals surface area (Å²) < 4.78 is 0. The predicted molar refractivity (Wildman–Crippen MR) is 106 cm³/mol. The molecule has 1 fully saturated rings. The first kappa shape index (κ1) is 18.9. The molecule has 0 radical (unpaired) electrons. The zero-order valence-electron chi connectivity index (χ0n) is 16.1. The van der Waals surface area contributed by atoms with E-state index in [1.54, 1.807) is 11.8 Å². The van der Waals surface area contributed by atoms with Gasteiger partial charge >= 0.3 is 0 Å². The number of benzene rings is 1. The molecule has 1 saturated heterocycles. The van der Waals surface area contributed by atoms with Crippen molar-refractivity contribution in [1.82, 2.24) is 14.9 Å². The first-order valence-electron chi connectivity index (χ1n) is 9.23. The van der Waals surface area contributed by atoms with Crippen LogP contribution in [0, 0.1) is 20.8 Å². The number of carbonyl (C=O) groups is 1. The summed E-state index contributed by atoms with van der Waals surface area (Å²) in [5.74, 6) is 0.237. The number of aryl methyl sites for hydroxylation is 3. The number of likely N-dealkylation sites (tertiary alicyclic amines) is 1. The second kappa shape index (κ2) is 8.21. The lowest BCUT2D eigenvalue weighted by molar-refractivity contribution is -0.132. The van der Waals surface area contributed by atoms with Gasteiger partial charge in [0.2, 0.25) is 5.91 Å². The van der Waals surface area contributed by atoms with Crippen LogP contribution in [0.5, 0.6) is 0 Å². The highest BCUT2D eigenvalue weighted by atomic mass is 32.2. The van der Waals surface area contributed by atoms with Gasteiger partial charge in [0.05, 0.1) is 6.04 Å². The predicted octanol–water partition coefficient (Wildman–Crippen LogP) is 4.42. The Morgan fingerprint density at radius 2 is 1.81 bits per heavy atom. The Bertz CT molecular complexity index is 765. The quantitative estimate of drug-likeness (QED) is 0.578. The van der Waals surface area contributed by atoms with Gasteiger partial charge in [-0.1, -0.05) is 41.6 Å². The number of carbonyl (C=O) groups excluding carboxylic acids is 1. The van der Waals surface area contributed by atoms with Crippen molar-refractivity contribution in [2.45, 2.75) is 57.7 Å². The van der Waals surface area contributed by atoms with Crippen molar-refractivity contribution >= 4 is 17.7 Å². The molecule has 1 atom stereocenters. The maximum atomic E-state index is 12.9. The molecule has 1 aliphatic rings. The van der Waals surface area contributed by atoms with Gasteiger partial charge < -0.3 is 4.90 Å². The molecule has 0 bridgehead atoms. The minimum absolute atomic E-state index is 0.223. The molecule has 0 aliphatic carbocycles. The van der Waals surface area contributed by atoms with E-state index >= 15 is 0 Å². The summed E-state index contributed by atoms with van der Waals surface area (Å²) in [7, 11) is 0. The van der Waals surface area contributed by atoms with E-state index in [4.69, 9.17) is 0 Å². The third kappa shape index (κ3) is 4.09. The van der Waals surface area contributed by atoms with Gasteiger partial charge in [-0.05, 0) is 57.4 Å². The minimum atomic E-state index is 0.223. The second-order valence-electron chi connectivity index (χ2n) is 7.02. The molecule has 1 unspecified atom stereocenters. The van der Waals surface area contributed by atoms with Crippen molar-refractivity contribution in [1.29, 1.82) is 0 Å². The lowest BCUT2D eigenvalue weighted by atomic mass is 10.0. The van der Waals surface area contributed by atoms with E-state index in [-0.39, 0.29) is 11.9 Å². The fourth-order valence-electron chi connectivity index (χ4n) is 3.74. The molecule has 3 rings (SSSR count). The molecule has 2 aromatic rings. The molecule has 1 aromatic carbocycles. The highest BCUT2D eigenvalue weighted by molar-refractivity contribution is 7.98. The highest BCUT2D eigenvalue weighted by Crippen LogP contribution is 2.32. The van der Waals surface area contributed by atoms with E-state index in [9.17, 15) is 4.79 Å². The summed E-state index contributed by atoms with van der Waals surface area (Å²) in [6.45, 7) is 6.98. The minimum Gasteiger partial charge on any atom is -0.336 e. The normalized spacial score (nSPS) is 16.9. The average Bonchev–Trinajstić information content (AvgIpc) is 3.11. The van der Waals surface area contributed by atoms with Crippen LogP contribution in [0.3, 0.4) is 0 Å². The molecule has 0 spiro atoms. The van der Waals surface area contributed by atoms with E-state index in [1.165, 1.54) is 11.1 Å². The van der Waals surface area contributed by atoms with Crippen LogP contribution in [0.2, 0.25) is 0 Å². The number of nitrogens with zero attached hydrogens (tertiary/aromatic N) is 3. The molecule has 26 heavy (non-hydrogen) atoms. The number of hydrogen-bond donors (Lipinski definition) is 0. The molecule has 2 heterocycles. The Morgan fingerprint density at radius 3 is 2.42 bits per heavy atom. The van der Waals surface area contributed by atoms with Gasteiger partial charge in [-0.3, -0.25) is 4.79 Å². The molecule has 0 N–H and O–H groups in total. The maximum Gasteiger partial charge on any atom is 0.223 e. The van der Waals surface area contributed by atoms with Gasteiger partial charge in [0.25, 0.3) is 0 Å². The van der Waals surface area contributed by atoms with Crippen molar-refractivity contribution in [3.05, 3.63) is 52.3 Å². The van der Waals surface area contributed by atoms with Gasteiger partial charge in [-0.25, -0.2) is 9.97 Å². The average molecular weight is 370 g/mol. The molecule has 1 aliphatic heterocycles. The van der Waals surface area contributed by atoms with Crippen molar-refractivity contribution in [2.24, 2.45) is 0 Å². The fourth-order valence-corrected chi connectivity index (χ4v) is 4.19. The zero-order valence-corrected chi connectivity index (χ0v) is 16.9. The van der Waals surface area contributed by atoms with Crippen LogP contribution in [-0.2, 0) is 11.2 Å². The fraction of sp³-hybridized carbons (Fsp3) is 0.476. The molecule has 1 amide bonds. The van der Waals surface area contributed by atoms with Crippen LogP contribution in [0.25, 0.3) is 0 Å². The zero-order chi connectivity index (χ0) is 18.7. The number of thioether (sulfide) groups is 1. The van der Waals surface area contributed by atoms with Crippen molar-refractivity contribution < 1.29 is 4.79 Å². The van der Waals surface area contributed by atoms with Gasteiger partial charge in [0.1, 0.15) is 0 Å². The monoisotopic (exact) mass is 369 g/mol. The van der Waals surface area contributed by atoms with Gasteiger partial charge in [0.15, 0.2) is 5.16 Å². The van der Waals surface area contributed by atoms with Crippen LogP contribution < -0.4 is 0 Å². The highest BCUT2D eigenvalue weighted by Gasteiger charge is 2.29. The summed E-state index contributed by atoms with van der Waals surface area (Å²) >= 11 is 1.55. The molecular formula is C21H27N3OS. The summed E-state index contributed by atoms with van der Waals surface area (Å²) in [6, 6.07) is 8.81. The number of rotatable bonds is 5. The lowest BCUT2D eigenvalue weighted by Gasteiger charge is -2.25. The van der Waals surface area contributed by atoms with E-state index in [2.05, 4.69) is 46.1 Å². The van der Waals surface area contributed by atoms with Crippen LogP contribution in [0.4, 0.5) is 0 Å². The topological polar surface area (TPSA) is 46.1 Å². The number of hydrogen-bond acceptors (Lipinski definition) is 4. The van der Waals surface area contributed by atoms with Crippen LogP contribution in [-0.4, -0.2) is 33.6 Å².